The van der Waals surface area contributed by atoms with Crippen molar-refractivity contribution in [1.82, 2.24) is 0 Å². The Morgan fingerprint density at radius 3 is 1.09 bits per heavy atom. The minimum atomic E-state index is -5.17. The molecule has 0 amide bonds. The van der Waals surface area contributed by atoms with Crippen LogP contribution in [0.3, 0.4) is 0 Å². The number of azo groups is 2. The van der Waals surface area contributed by atoms with Gasteiger partial charge in [-0.15, -0.1) is 10.2 Å². The lowest BCUT2D eigenvalue weighted by Gasteiger charge is -2.21. The summed E-state index contributed by atoms with van der Waals surface area (Å²) in [5.41, 5.74) is 3.42. The highest BCUT2D eigenvalue weighted by atomic mass is 35.5. The fraction of sp³-hybridized carbons (Fsp3) is 0.190. The third-order valence-corrected chi connectivity index (χ3v) is 10.1. The van der Waals surface area contributed by atoms with Crippen molar-refractivity contribution >= 4 is 102 Å². The lowest BCUT2D eigenvalue weighted by atomic mass is 10.2. The Bertz CT molecular complexity index is 2470. The average molecular weight is 987 g/mol. The number of hydrogen-bond donors (Lipinski definition) is 0. The van der Waals surface area contributed by atoms with E-state index >= 15 is 0 Å². The van der Waals surface area contributed by atoms with Crippen LogP contribution in [0, 0.1) is 20.2 Å². The van der Waals surface area contributed by atoms with Crippen molar-refractivity contribution in [2.75, 3.05) is 36.0 Å². The van der Waals surface area contributed by atoms with E-state index in [0.717, 1.165) is 50.6 Å². The number of likely N-dealkylation sites (N-methyl/N-ethyl adjacent to an activating group) is 2. The highest BCUT2D eigenvalue weighted by molar-refractivity contribution is 7.79. The molecule has 0 bridgehead atoms. The van der Waals surface area contributed by atoms with E-state index in [1.54, 1.807) is 0 Å². The molecule has 0 radical (unpaired) electrons. The number of nitro benzene ring substituents is 2. The number of anilines is 2. The molecule has 0 N–H and O–H groups in total. The average Bonchev–Trinajstić information content (AvgIpc) is 3.27. The number of aromatic nitrogens is 2. The van der Waals surface area contributed by atoms with Crippen molar-refractivity contribution in [3.63, 3.8) is 0 Å². The fourth-order valence-electron chi connectivity index (χ4n) is 5.76. The largest absolute Gasteiger partial charge is 0.759 e. The molecule has 0 atom stereocenters. The molecule has 6 aromatic rings. The van der Waals surface area contributed by atoms with Crippen LogP contribution in [0.2, 0.25) is 20.1 Å². The van der Waals surface area contributed by atoms with E-state index < -0.39 is 20.2 Å². The maximum Gasteiger partial charge on any atom is 0.272 e. The summed E-state index contributed by atoms with van der Waals surface area (Å²) in [6, 6.07) is 32.2. The molecular formula is C42H40Cl4N10O8S. The van der Waals surface area contributed by atoms with Crippen LogP contribution in [0.5, 0.6) is 0 Å². The minimum absolute atomic E-state index is 0.0742. The first-order valence-electron chi connectivity index (χ1n) is 19.3. The summed E-state index contributed by atoms with van der Waals surface area (Å²) in [4.78, 5) is 25.1. The van der Waals surface area contributed by atoms with Gasteiger partial charge in [-0.3, -0.25) is 28.6 Å². The summed E-state index contributed by atoms with van der Waals surface area (Å²) < 4.78 is 38.4. The maximum atomic E-state index is 10.9. The van der Waals surface area contributed by atoms with E-state index in [1.165, 1.54) is 24.3 Å². The van der Waals surface area contributed by atoms with Gasteiger partial charge in [0.25, 0.3) is 11.4 Å². The van der Waals surface area contributed by atoms with Gasteiger partial charge in [-0.2, -0.15) is 10.2 Å². The fourth-order valence-corrected chi connectivity index (χ4v) is 6.86. The van der Waals surface area contributed by atoms with E-state index in [0.29, 0.717) is 11.4 Å². The van der Waals surface area contributed by atoms with Crippen molar-refractivity contribution in [2.24, 2.45) is 20.5 Å². The molecule has 0 spiro atoms. The second-order valence-electron chi connectivity index (χ2n) is 13.3. The molecule has 0 aliphatic rings. The number of nitrogens with zero attached hydrogens (tertiary/aromatic N) is 10. The SMILES string of the molecule is CCN(CC[n+]1ccccc1)c1ccc(N=Nc2c(Cl)cc([N+](=O)[O-])cc2Cl)cc1.CCN(CC[n+]1ccccc1)c1ccc(N=Nc2c(Cl)cc([N+](=O)[O-])cc2Cl)cc1.O=S(=O)([O-])[O-]. The molecule has 23 heteroatoms. The summed E-state index contributed by atoms with van der Waals surface area (Å²) in [6.07, 6.45) is 8.19. The van der Waals surface area contributed by atoms with Crippen LogP contribution >= 0.6 is 46.4 Å². The van der Waals surface area contributed by atoms with Crippen LogP contribution < -0.4 is 18.9 Å². The highest BCUT2D eigenvalue weighted by Gasteiger charge is 2.16. The molecule has 0 aliphatic heterocycles. The van der Waals surface area contributed by atoms with Gasteiger partial charge in [0.2, 0.25) is 0 Å². The molecule has 6 rings (SSSR count). The Balaban J connectivity index is 0.000000258. The van der Waals surface area contributed by atoms with E-state index in [1.807, 2.05) is 110 Å². The van der Waals surface area contributed by atoms with Crippen molar-refractivity contribution < 1.29 is 36.5 Å². The highest BCUT2D eigenvalue weighted by Crippen LogP contribution is 2.39. The van der Waals surface area contributed by atoms with Crippen LogP contribution in [-0.4, -0.2) is 53.5 Å². The smallest absolute Gasteiger partial charge is 0.272 e. The summed E-state index contributed by atoms with van der Waals surface area (Å²) in [7, 11) is -5.17. The van der Waals surface area contributed by atoms with Crippen LogP contribution in [0.25, 0.3) is 0 Å². The van der Waals surface area contributed by atoms with E-state index in [-0.39, 0.29) is 42.8 Å². The van der Waals surface area contributed by atoms with Crippen LogP contribution in [0.15, 0.2) is 154 Å². The van der Waals surface area contributed by atoms with Gasteiger partial charge in [0.1, 0.15) is 11.4 Å². The molecular weight excluding hydrogens is 946 g/mol. The predicted molar refractivity (Wildman–Crippen MR) is 247 cm³/mol. The third kappa shape index (κ3) is 17.4. The number of rotatable bonds is 16. The summed E-state index contributed by atoms with van der Waals surface area (Å²) in [5, 5.41) is 38.5. The first-order valence-corrected chi connectivity index (χ1v) is 22.2. The Labute approximate surface area is 394 Å². The van der Waals surface area contributed by atoms with Gasteiger partial charge in [0.15, 0.2) is 37.9 Å². The second kappa shape index (κ2) is 25.3. The number of halogens is 4. The van der Waals surface area contributed by atoms with Crippen LogP contribution in [-0.2, 0) is 23.5 Å². The van der Waals surface area contributed by atoms with Crippen molar-refractivity contribution in [1.29, 1.82) is 0 Å². The number of non-ortho nitro benzene ring substituents is 2. The van der Waals surface area contributed by atoms with Crippen LogP contribution in [0.1, 0.15) is 13.8 Å². The first-order chi connectivity index (χ1) is 30.9. The maximum absolute atomic E-state index is 10.9. The minimum Gasteiger partial charge on any atom is -0.759 e. The quantitative estimate of drug-likeness (QED) is 0.0222. The normalized spacial score (nSPS) is 11.1. The Morgan fingerprint density at radius 2 is 0.831 bits per heavy atom. The monoisotopic (exact) mass is 984 g/mol. The zero-order valence-electron chi connectivity index (χ0n) is 34.6. The number of pyridine rings is 2. The van der Waals surface area contributed by atoms with Gasteiger partial charge in [-0.25, -0.2) is 9.13 Å². The molecule has 0 saturated heterocycles. The molecule has 0 saturated carbocycles. The zero-order chi connectivity index (χ0) is 47.5. The summed E-state index contributed by atoms with van der Waals surface area (Å²) in [6.45, 7) is 9.49. The number of nitro groups is 2. The molecule has 2 aromatic heterocycles. The van der Waals surface area contributed by atoms with Gasteiger partial charge in [-0.1, -0.05) is 58.5 Å². The molecule has 0 fully saturated rings. The number of benzene rings is 4. The molecule has 340 valence electrons. The lowest BCUT2D eigenvalue weighted by Crippen LogP contribution is -2.40. The standard InChI is InChI=1S/2C21H20Cl2N5O2.H2O4S/c2*1-2-27(13-12-26-10-4-3-5-11-26)17-8-6-16(7-9-17)24-25-21-19(22)14-18(28(29)30)15-20(21)23;1-5(2,3)4/h2*3-11,14-15H,2,12-13H2,1H3;(H2,1,2,3,4)/q2*+1;/p-2. The van der Waals surface area contributed by atoms with Gasteiger partial charge < -0.3 is 18.9 Å². The van der Waals surface area contributed by atoms with Gasteiger partial charge in [-0.05, 0) is 62.4 Å². The molecule has 65 heavy (non-hydrogen) atoms. The Kier molecular flexibility index (Phi) is 20.1. The lowest BCUT2D eigenvalue weighted by molar-refractivity contribution is -0.694. The predicted octanol–water partition coefficient (Wildman–Crippen LogP) is 10.9. The molecule has 4 aromatic carbocycles. The van der Waals surface area contributed by atoms with E-state index in [4.69, 9.17) is 63.9 Å². The van der Waals surface area contributed by atoms with E-state index in [9.17, 15) is 20.2 Å². The Morgan fingerprint density at radius 1 is 0.538 bits per heavy atom. The van der Waals surface area contributed by atoms with Crippen molar-refractivity contribution in [3.8, 4) is 0 Å². The van der Waals surface area contributed by atoms with Gasteiger partial charge >= 0.3 is 0 Å². The van der Waals surface area contributed by atoms with Crippen molar-refractivity contribution in [3.05, 3.63) is 174 Å². The zero-order valence-corrected chi connectivity index (χ0v) is 38.4. The first kappa shape index (κ1) is 51.4. The molecule has 2 heterocycles. The van der Waals surface area contributed by atoms with Gasteiger partial charge in [0.05, 0.1) is 54.4 Å². The topological polar surface area (TPSA) is 230 Å². The summed E-state index contributed by atoms with van der Waals surface area (Å²) >= 11 is 24.3. The van der Waals surface area contributed by atoms with Crippen molar-refractivity contribution in [2.45, 2.75) is 26.9 Å². The van der Waals surface area contributed by atoms with Gasteiger partial charge in [0, 0.05) is 83.4 Å². The Hall–Kier alpha value is -6.19. The second-order valence-corrected chi connectivity index (χ2v) is 15.7. The molecule has 0 aliphatic carbocycles. The molecule has 18 nitrogen and oxygen atoms in total. The molecule has 0 unspecified atom stereocenters. The third-order valence-electron chi connectivity index (χ3n) is 8.96. The number of hydrogen-bond acceptors (Lipinski definition) is 14. The van der Waals surface area contributed by atoms with Crippen LogP contribution in [0.4, 0.5) is 45.5 Å². The van der Waals surface area contributed by atoms with E-state index in [2.05, 4.69) is 53.2 Å². The summed E-state index contributed by atoms with van der Waals surface area (Å²) in [5.74, 6) is 0.